The normalized spacial score (nSPS) is 23.1. The highest BCUT2D eigenvalue weighted by atomic mass is 32.2. The molecule has 2 rings (SSSR count). The predicted molar refractivity (Wildman–Crippen MR) is 76.1 cm³/mol. The van der Waals surface area contributed by atoms with Crippen LogP contribution in [0, 0.1) is 0 Å². The third-order valence-corrected chi connectivity index (χ3v) is 6.30. The number of aliphatic hydroxyl groups is 1. The number of thioether (sulfide) groups is 1. The number of hydrogen-bond acceptors (Lipinski definition) is 7. The Bertz CT molecular complexity index is 512. The van der Waals surface area contributed by atoms with Gasteiger partial charge < -0.3 is 10.0 Å². The van der Waals surface area contributed by atoms with Gasteiger partial charge in [-0.15, -0.1) is 11.3 Å². The Morgan fingerprint density at radius 2 is 2.33 bits per heavy atom. The van der Waals surface area contributed by atoms with E-state index in [9.17, 15) is 13.5 Å². The molecule has 1 aromatic rings. The van der Waals surface area contributed by atoms with E-state index in [-0.39, 0.29) is 0 Å². The van der Waals surface area contributed by atoms with E-state index < -0.39 is 21.3 Å². The third kappa shape index (κ3) is 2.98. The van der Waals surface area contributed by atoms with Crippen molar-refractivity contribution < 1.29 is 13.5 Å². The maximum Gasteiger partial charge on any atom is 0.186 e. The lowest BCUT2D eigenvalue weighted by molar-refractivity contribution is 0.195. The fourth-order valence-electron chi connectivity index (χ4n) is 1.75. The standard InChI is InChI=1S/C10H16N2O3S3/c1-7(13)8-5-17-10(11-8)12-3-4-16-6-9(12)18(2,14)15/h5,7,9,13H,3-4,6H2,1-2H3. The highest BCUT2D eigenvalue weighted by molar-refractivity contribution is 8.01. The minimum Gasteiger partial charge on any atom is -0.387 e. The van der Waals surface area contributed by atoms with Crippen LogP contribution in [0.2, 0.25) is 0 Å². The van der Waals surface area contributed by atoms with Gasteiger partial charge in [0.05, 0.1) is 11.8 Å². The van der Waals surface area contributed by atoms with Gasteiger partial charge in [-0.2, -0.15) is 11.8 Å². The SMILES string of the molecule is CC(O)c1csc(N2CCSCC2S(C)(=O)=O)n1. The van der Waals surface area contributed by atoms with Crippen molar-refractivity contribution in [3.8, 4) is 0 Å². The first kappa shape index (κ1) is 14.1. The number of aromatic nitrogens is 1. The van der Waals surface area contributed by atoms with E-state index in [1.807, 2.05) is 4.90 Å². The van der Waals surface area contributed by atoms with Gasteiger partial charge in [-0.25, -0.2) is 13.4 Å². The molecule has 1 fully saturated rings. The lowest BCUT2D eigenvalue weighted by Gasteiger charge is -2.33. The summed E-state index contributed by atoms with van der Waals surface area (Å²) in [6.07, 6.45) is 0.644. The van der Waals surface area contributed by atoms with Crippen LogP contribution in [0.15, 0.2) is 5.38 Å². The summed E-state index contributed by atoms with van der Waals surface area (Å²) in [5.74, 6) is 1.47. The molecule has 2 unspecified atom stereocenters. The van der Waals surface area contributed by atoms with Crippen LogP contribution in [0.25, 0.3) is 0 Å². The lowest BCUT2D eigenvalue weighted by Crippen LogP contribution is -2.47. The molecule has 0 amide bonds. The lowest BCUT2D eigenvalue weighted by atomic mass is 10.3. The van der Waals surface area contributed by atoms with E-state index in [1.54, 1.807) is 24.1 Å². The number of sulfone groups is 1. The van der Waals surface area contributed by atoms with Crippen molar-refractivity contribution in [1.82, 2.24) is 4.98 Å². The van der Waals surface area contributed by atoms with Gasteiger partial charge in [0.15, 0.2) is 15.0 Å². The number of anilines is 1. The molecule has 2 atom stereocenters. The zero-order valence-corrected chi connectivity index (χ0v) is 12.7. The summed E-state index contributed by atoms with van der Waals surface area (Å²) in [5, 5.41) is 11.4. The van der Waals surface area contributed by atoms with Crippen LogP contribution < -0.4 is 4.90 Å². The van der Waals surface area contributed by atoms with Gasteiger partial charge in [-0.1, -0.05) is 0 Å². The maximum atomic E-state index is 11.8. The van der Waals surface area contributed by atoms with Gasteiger partial charge in [0.2, 0.25) is 0 Å². The monoisotopic (exact) mass is 308 g/mol. The van der Waals surface area contributed by atoms with Gasteiger partial charge in [0, 0.05) is 29.7 Å². The Labute approximate surface area is 115 Å². The van der Waals surface area contributed by atoms with Gasteiger partial charge in [-0.3, -0.25) is 0 Å². The van der Waals surface area contributed by atoms with Crippen LogP contribution in [-0.2, 0) is 9.84 Å². The largest absolute Gasteiger partial charge is 0.387 e. The van der Waals surface area contributed by atoms with Crippen LogP contribution in [0.3, 0.4) is 0 Å². The summed E-state index contributed by atoms with van der Waals surface area (Å²) in [4.78, 5) is 6.15. The molecule has 102 valence electrons. The summed E-state index contributed by atoms with van der Waals surface area (Å²) in [6.45, 7) is 2.33. The van der Waals surface area contributed by atoms with E-state index in [0.717, 1.165) is 5.75 Å². The summed E-state index contributed by atoms with van der Waals surface area (Å²) in [5.41, 5.74) is 0.598. The average molecular weight is 308 g/mol. The van der Waals surface area contributed by atoms with Crippen LogP contribution >= 0.6 is 23.1 Å². The summed E-state index contributed by atoms with van der Waals surface area (Å²) >= 11 is 3.03. The molecule has 2 heterocycles. The van der Waals surface area contributed by atoms with Gasteiger partial charge in [0.25, 0.3) is 0 Å². The Morgan fingerprint density at radius 1 is 1.61 bits per heavy atom. The van der Waals surface area contributed by atoms with E-state index in [2.05, 4.69) is 4.98 Å². The van der Waals surface area contributed by atoms with Gasteiger partial charge in [-0.05, 0) is 6.92 Å². The van der Waals surface area contributed by atoms with Crippen molar-refractivity contribution in [3.05, 3.63) is 11.1 Å². The number of aliphatic hydroxyl groups excluding tert-OH is 1. The summed E-state index contributed by atoms with van der Waals surface area (Å²) in [6, 6.07) is 0. The van der Waals surface area contributed by atoms with Crippen molar-refractivity contribution in [2.24, 2.45) is 0 Å². The smallest absolute Gasteiger partial charge is 0.186 e. The molecule has 1 aromatic heterocycles. The summed E-state index contributed by atoms with van der Waals surface area (Å²) < 4.78 is 23.6. The molecule has 0 aromatic carbocycles. The van der Waals surface area contributed by atoms with Crippen molar-refractivity contribution in [3.63, 3.8) is 0 Å². The number of nitrogens with zero attached hydrogens (tertiary/aromatic N) is 2. The van der Waals surface area contributed by atoms with E-state index in [0.29, 0.717) is 23.1 Å². The zero-order chi connectivity index (χ0) is 13.3. The number of rotatable bonds is 3. The van der Waals surface area contributed by atoms with Gasteiger partial charge in [0.1, 0.15) is 5.37 Å². The van der Waals surface area contributed by atoms with E-state index >= 15 is 0 Å². The Hall–Kier alpha value is -0.310. The second-order valence-corrected chi connectivity index (χ2v) is 8.47. The minimum absolute atomic E-state index is 0.510. The molecule has 0 bridgehead atoms. The molecule has 0 saturated carbocycles. The van der Waals surface area contributed by atoms with Gasteiger partial charge >= 0.3 is 0 Å². The molecule has 1 saturated heterocycles. The van der Waals surface area contributed by atoms with Crippen molar-refractivity contribution in [2.75, 3.05) is 29.2 Å². The molecule has 18 heavy (non-hydrogen) atoms. The second-order valence-electron chi connectivity index (χ2n) is 4.28. The molecule has 1 N–H and O–H groups in total. The minimum atomic E-state index is -3.12. The van der Waals surface area contributed by atoms with Crippen molar-refractivity contribution in [1.29, 1.82) is 0 Å². The summed E-state index contributed by atoms with van der Waals surface area (Å²) in [7, 11) is -3.12. The van der Waals surface area contributed by atoms with Crippen LogP contribution in [0.1, 0.15) is 18.7 Å². The molecule has 0 aliphatic carbocycles. The molecular weight excluding hydrogens is 292 g/mol. The highest BCUT2D eigenvalue weighted by Crippen LogP contribution is 2.30. The molecule has 0 radical (unpaired) electrons. The van der Waals surface area contributed by atoms with E-state index in [4.69, 9.17) is 0 Å². The van der Waals surface area contributed by atoms with Crippen LogP contribution in [-0.4, -0.2) is 48.2 Å². The third-order valence-electron chi connectivity index (χ3n) is 2.76. The second kappa shape index (κ2) is 5.36. The fraction of sp³-hybridized carbons (Fsp3) is 0.700. The quantitative estimate of drug-likeness (QED) is 0.902. The van der Waals surface area contributed by atoms with Crippen molar-refractivity contribution in [2.45, 2.75) is 18.4 Å². The zero-order valence-electron chi connectivity index (χ0n) is 10.2. The molecule has 1 aliphatic heterocycles. The Morgan fingerprint density at radius 3 is 2.89 bits per heavy atom. The topological polar surface area (TPSA) is 70.5 Å². The number of thiazole rings is 1. The first-order valence-electron chi connectivity index (χ1n) is 5.56. The molecule has 5 nitrogen and oxygen atoms in total. The predicted octanol–water partition coefficient (Wildman–Crippen LogP) is 1.12. The van der Waals surface area contributed by atoms with Crippen molar-refractivity contribution >= 4 is 38.1 Å². The van der Waals surface area contributed by atoms with Crippen LogP contribution in [0.4, 0.5) is 5.13 Å². The molecule has 0 spiro atoms. The van der Waals surface area contributed by atoms with Crippen LogP contribution in [0.5, 0.6) is 0 Å². The maximum absolute atomic E-state index is 11.8. The Balaban J connectivity index is 2.28. The average Bonchev–Trinajstić information content (AvgIpc) is 2.77. The first-order valence-corrected chi connectivity index (χ1v) is 9.55. The molecule has 1 aliphatic rings. The fourth-order valence-corrected chi connectivity index (χ4v) is 5.63. The number of hydrogen-bond donors (Lipinski definition) is 1. The molecular formula is C10H16N2O3S3. The molecule has 8 heteroatoms. The highest BCUT2D eigenvalue weighted by Gasteiger charge is 2.32. The Kier molecular flexibility index (Phi) is 4.20. The van der Waals surface area contributed by atoms with E-state index in [1.165, 1.54) is 17.6 Å². The first-order chi connectivity index (χ1) is 8.39.